The lowest BCUT2D eigenvalue weighted by Gasteiger charge is -2.41. The molecular formula is C44H51N11O5. The number of likely N-dealkylation sites (tertiary alicyclic amines) is 1. The Balaban J connectivity index is 0.735. The van der Waals surface area contributed by atoms with Gasteiger partial charge in [-0.2, -0.15) is 0 Å². The summed E-state index contributed by atoms with van der Waals surface area (Å²) in [4.78, 5) is 70.7. The summed E-state index contributed by atoms with van der Waals surface area (Å²) in [6.45, 7) is 6.13. The van der Waals surface area contributed by atoms with Crippen LogP contribution in [-0.4, -0.2) is 117 Å². The number of nitrogens with two attached hydrogens (primary N) is 1. The molecule has 0 bridgehead atoms. The van der Waals surface area contributed by atoms with Crippen LogP contribution in [-0.2, 0) is 9.59 Å². The first-order valence-corrected chi connectivity index (χ1v) is 21.4. The second kappa shape index (κ2) is 15.5. The molecule has 0 radical (unpaired) electrons. The standard InChI is InChI=1S/C44H51N11O5/c1-52-17-18-55(44(52)59)30-3-2-14-54(24-30)35-22-47-40(41(45)57)42(49-35)48-29-6-4-26(5-7-29)27-11-15-53(16-12-27)23-25-19-28(20-25)33-21-34-37(31-10-13-46-38(31)33)39(51-60-34)32-8-9-36(56)50-43(32)58/h4-7,10,13,21-22,25,27-28,30,32,46H,2-3,8-9,11-12,14-20,23-24H2,1H3,(H2,45,57)(H,48,49)(H,50,56,58)/t25?,28?,30-,32?/m1/s1. The number of rotatable bonds is 10. The Morgan fingerprint density at radius 2 is 1.80 bits per heavy atom. The molecule has 4 aliphatic heterocycles. The highest BCUT2D eigenvalue weighted by Gasteiger charge is 2.38. The molecule has 5 N–H and O–H groups in total. The van der Waals surface area contributed by atoms with E-state index in [9.17, 15) is 19.2 Å². The number of carbonyl (C=O) groups is 4. The average Bonchev–Trinajstić information content (AvgIpc) is 3.98. The Bertz CT molecular complexity index is 2470. The Morgan fingerprint density at radius 3 is 2.55 bits per heavy atom. The Hall–Kier alpha value is -6.03. The Kier molecular flexibility index (Phi) is 9.89. The van der Waals surface area contributed by atoms with Crippen molar-refractivity contribution in [2.24, 2.45) is 11.7 Å². The molecule has 60 heavy (non-hydrogen) atoms. The fourth-order valence-electron chi connectivity index (χ4n) is 10.4. The van der Waals surface area contributed by atoms with Gasteiger partial charge in [0.15, 0.2) is 17.1 Å². The lowest BCUT2D eigenvalue weighted by molar-refractivity contribution is -0.134. The van der Waals surface area contributed by atoms with Gasteiger partial charge in [0.25, 0.3) is 5.91 Å². The van der Waals surface area contributed by atoms with Gasteiger partial charge in [0.2, 0.25) is 11.8 Å². The van der Waals surface area contributed by atoms with Gasteiger partial charge in [-0.15, -0.1) is 0 Å². The minimum absolute atomic E-state index is 0.0702. The third kappa shape index (κ3) is 7.09. The lowest BCUT2D eigenvalue weighted by atomic mass is 9.70. The Morgan fingerprint density at radius 1 is 0.983 bits per heavy atom. The van der Waals surface area contributed by atoms with Crippen LogP contribution in [0.15, 0.2) is 53.3 Å². The number of H-pyrrole nitrogens is 1. The summed E-state index contributed by atoms with van der Waals surface area (Å²) < 4.78 is 5.83. The zero-order valence-corrected chi connectivity index (χ0v) is 33.9. The molecular weight excluding hydrogens is 763 g/mol. The molecule has 7 heterocycles. The molecule has 312 valence electrons. The molecule has 4 saturated heterocycles. The number of carbonyl (C=O) groups excluding carboxylic acids is 4. The van der Waals surface area contributed by atoms with E-state index >= 15 is 0 Å². The maximum atomic E-state index is 12.7. The third-order valence-corrected chi connectivity index (χ3v) is 13.7. The number of aromatic nitrogens is 4. The van der Waals surface area contributed by atoms with Crippen LogP contribution in [0.5, 0.6) is 0 Å². The number of piperidine rings is 3. The quantitative estimate of drug-likeness (QED) is 0.136. The van der Waals surface area contributed by atoms with Crippen LogP contribution in [0, 0.1) is 5.92 Å². The fourth-order valence-corrected chi connectivity index (χ4v) is 10.4. The van der Waals surface area contributed by atoms with Gasteiger partial charge < -0.3 is 40.2 Å². The average molecular weight is 814 g/mol. The zero-order valence-electron chi connectivity index (χ0n) is 33.9. The molecule has 5 amide bonds. The van der Waals surface area contributed by atoms with Gasteiger partial charge in [0.05, 0.1) is 23.5 Å². The molecule has 5 aromatic rings. The molecule has 10 rings (SSSR count). The summed E-state index contributed by atoms with van der Waals surface area (Å²) in [5.74, 6) is 0.813. The number of hydrogen-bond acceptors (Lipinski definition) is 11. The molecule has 5 fully saturated rings. The maximum Gasteiger partial charge on any atom is 0.320 e. The normalized spacial score (nSPS) is 24.4. The van der Waals surface area contributed by atoms with E-state index in [0.717, 1.165) is 99.8 Å². The SMILES string of the molecule is CN1CCN([C@@H]2CCCN(c3cnc(C(N)=O)c(Nc4ccc(C5CCN(CC6CC(c7cc8onc(C9CCC(=O)NC9=O)c8c8cc[nH]c78)C6)CC5)cc4)n3)C2)C1=O. The summed E-state index contributed by atoms with van der Waals surface area (Å²) in [6, 6.07) is 12.7. The van der Waals surface area contributed by atoms with Crippen LogP contribution in [0.1, 0.15) is 96.4 Å². The lowest BCUT2D eigenvalue weighted by Crippen LogP contribution is -2.49. The molecule has 1 saturated carbocycles. The second-order valence-corrected chi connectivity index (χ2v) is 17.5. The minimum atomic E-state index is -0.646. The summed E-state index contributed by atoms with van der Waals surface area (Å²) in [6.07, 6.45) is 10.6. The van der Waals surface area contributed by atoms with Crippen molar-refractivity contribution in [1.29, 1.82) is 0 Å². The van der Waals surface area contributed by atoms with Crippen molar-refractivity contribution in [2.45, 2.75) is 75.2 Å². The van der Waals surface area contributed by atoms with Gasteiger partial charge in [0.1, 0.15) is 11.5 Å². The molecule has 16 nitrogen and oxygen atoms in total. The van der Waals surface area contributed by atoms with Gasteiger partial charge >= 0.3 is 6.03 Å². The molecule has 5 aliphatic rings. The number of hydrogen-bond donors (Lipinski definition) is 4. The van der Waals surface area contributed by atoms with E-state index in [4.69, 9.17) is 15.2 Å². The van der Waals surface area contributed by atoms with Gasteiger partial charge in [-0.1, -0.05) is 17.3 Å². The number of imide groups is 1. The van der Waals surface area contributed by atoms with E-state index in [-0.39, 0.29) is 29.6 Å². The fraction of sp³-hybridized carbons (Fsp3) is 0.477. The van der Waals surface area contributed by atoms with Crippen LogP contribution in [0.2, 0.25) is 0 Å². The van der Waals surface area contributed by atoms with Crippen molar-refractivity contribution in [3.8, 4) is 0 Å². The number of nitrogens with one attached hydrogen (secondary N) is 3. The number of fused-ring (bicyclic) bond motifs is 3. The van der Waals surface area contributed by atoms with E-state index in [1.807, 2.05) is 36.3 Å². The first-order valence-electron chi connectivity index (χ1n) is 21.4. The smallest absolute Gasteiger partial charge is 0.320 e. The predicted octanol–water partition coefficient (Wildman–Crippen LogP) is 5.17. The van der Waals surface area contributed by atoms with Crippen molar-refractivity contribution in [3.05, 3.63) is 71.3 Å². The number of nitrogens with zero attached hydrogens (tertiary/aromatic N) is 7. The number of primary amides is 1. The molecule has 2 aromatic carbocycles. The number of anilines is 3. The van der Waals surface area contributed by atoms with E-state index in [2.05, 4.69) is 53.8 Å². The van der Waals surface area contributed by atoms with Crippen LogP contribution in [0.25, 0.3) is 21.9 Å². The maximum absolute atomic E-state index is 12.7. The van der Waals surface area contributed by atoms with Crippen LogP contribution >= 0.6 is 0 Å². The van der Waals surface area contributed by atoms with Gasteiger partial charge in [-0.3, -0.25) is 19.7 Å². The van der Waals surface area contributed by atoms with Gasteiger partial charge in [-0.05, 0) is 111 Å². The van der Waals surface area contributed by atoms with Crippen molar-refractivity contribution < 1.29 is 23.7 Å². The topological polar surface area (TPSA) is 199 Å². The molecule has 2 atom stereocenters. The number of amides is 5. The van der Waals surface area contributed by atoms with Crippen molar-refractivity contribution in [1.82, 2.24) is 40.1 Å². The summed E-state index contributed by atoms with van der Waals surface area (Å²) in [7, 11) is 1.84. The van der Waals surface area contributed by atoms with E-state index in [1.54, 1.807) is 11.1 Å². The summed E-state index contributed by atoms with van der Waals surface area (Å²) >= 11 is 0. The minimum Gasteiger partial charge on any atom is -0.364 e. The molecule has 1 unspecified atom stereocenters. The first kappa shape index (κ1) is 38.2. The van der Waals surface area contributed by atoms with Crippen molar-refractivity contribution in [3.63, 3.8) is 0 Å². The number of urea groups is 1. The third-order valence-electron chi connectivity index (χ3n) is 13.7. The highest BCUT2D eigenvalue weighted by molar-refractivity contribution is 6.10. The molecule has 0 spiro atoms. The van der Waals surface area contributed by atoms with E-state index in [1.165, 1.54) is 11.1 Å². The van der Waals surface area contributed by atoms with Crippen molar-refractivity contribution in [2.75, 3.05) is 63.1 Å². The molecule has 1 aliphatic carbocycles. The zero-order chi connectivity index (χ0) is 41.1. The highest BCUT2D eigenvalue weighted by Crippen LogP contribution is 2.47. The number of likely N-dealkylation sites (N-methyl/N-ethyl adjacent to an activating group) is 1. The molecule has 3 aromatic heterocycles. The Labute approximate surface area is 347 Å². The molecule has 16 heteroatoms. The summed E-state index contributed by atoms with van der Waals surface area (Å²) in [5.41, 5.74) is 11.6. The first-order chi connectivity index (χ1) is 29.2. The van der Waals surface area contributed by atoms with E-state index in [0.29, 0.717) is 60.1 Å². The van der Waals surface area contributed by atoms with E-state index < -0.39 is 11.8 Å². The van der Waals surface area contributed by atoms with Crippen LogP contribution < -0.4 is 21.3 Å². The monoisotopic (exact) mass is 813 g/mol. The predicted molar refractivity (Wildman–Crippen MR) is 225 cm³/mol. The number of benzene rings is 2. The second-order valence-electron chi connectivity index (χ2n) is 17.5. The van der Waals surface area contributed by atoms with Crippen LogP contribution in [0.3, 0.4) is 0 Å². The largest absolute Gasteiger partial charge is 0.364 e. The highest BCUT2D eigenvalue weighted by atomic mass is 16.5. The number of aromatic amines is 1. The summed E-state index contributed by atoms with van der Waals surface area (Å²) in [5, 5.41) is 12.0. The van der Waals surface area contributed by atoms with Gasteiger partial charge in [-0.25, -0.2) is 14.8 Å². The van der Waals surface area contributed by atoms with Gasteiger partial charge in [0, 0.05) is 69.0 Å². The van der Waals surface area contributed by atoms with Crippen LogP contribution in [0.4, 0.5) is 22.1 Å². The van der Waals surface area contributed by atoms with Crippen molar-refractivity contribution >= 4 is 62.9 Å².